The van der Waals surface area contributed by atoms with Gasteiger partial charge in [0.2, 0.25) is 0 Å². The van der Waals surface area contributed by atoms with Crippen molar-refractivity contribution < 1.29 is 23.9 Å². The molecule has 0 radical (unpaired) electrons. The average molecular weight is 435 g/mol. The third-order valence-corrected chi connectivity index (χ3v) is 5.61. The Bertz CT molecular complexity index is 1090. The van der Waals surface area contributed by atoms with Crippen molar-refractivity contribution in [1.82, 2.24) is 5.32 Å². The highest BCUT2D eigenvalue weighted by atomic mass is 16.5. The zero-order chi connectivity index (χ0) is 22.7. The van der Waals surface area contributed by atoms with E-state index in [2.05, 4.69) is 10.2 Å². The maximum atomic E-state index is 13.2. The van der Waals surface area contributed by atoms with Gasteiger partial charge in [0.1, 0.15) is 11.3 Å². The molecule has 0 atom stereocenters. The number of hydrogen-bond acceptors (Lipinski definition) is 6. The van der Waals surface area contributed by atoms with Crippen molar-refractivity contribution in [3.05, 3.63) is 59.2 Å². The summed E-state index contributed by atoms with van der Waals surface area (Å²) in [6.45, 7) is 4.81. The Hall–Kier alpha value is -3.65. The lowest BCUT2D eigenvalue weighted by Gasteiger charge is -2.29. The Morgan fingerprint density at radius 2 is 1.84 bits per heavy atom. The average Bonchev–Trinajstić information content (AvgIpc) is 2.82. The first-order chi connectivity index (χ1) is 15.5. The van der Waals surface area contributed by atoms with E-state index in [9.17, 15) is 14.4 Å². The van der Waals surface area contributed by atoms with E-state index in [1.54, 1.807) is 18.2 Å². The number of urea groups is 1. The summed E-state index contributed by atoms with van der Waals surface area (Å²) in [6.07, 6.45) is 2.10. The molecule has 0 spiro atoms. The fourth-order valence-corrected chi connectivity index (χ4v) is 3.90. The van der Waals surface area contributed by atoms with Gasteiger partial charge in [-0.15, -0.1) is 0 Å². The van der Waals surface area contributed by atoms with E-state index in [1.165, 1.54) is 13.2 Å². The van der Waals surface area contributed by atoms with E-state index in [0.717, 1.165) is 29.2 Å². The van der Waals surface area contributed by atoms with Crippen LogP contribution >= 0.6 is 0 Å². The van der Waals surface area contributed by atoms with E-state index in [4.69, 9.17) is 9.47 Å². The summed E-state index contributed by atoms with van der Waals surface area (Å²) in [5, 5.41) is 2.28. The Balaban J connectivity index is 1.70. The molecule has 2 heterocycles. The predicted octanol–water partition coefficient (Wildman–Crippen LogP) is 2.76. The van der Waals surface area contributed by atoms with Gasteiger partial charge in [0.05, 0.1) is 26.0 Å². The molecule has 2 aliphatic rings. The SMILES string of the molecule is CCc1ccccc1N1C(=O)NC(=O)/C(=C\c2ccc(N3CCOCC3)cc2OC)C1=O. The molecular weight excluding hydrogens is 410 g/mol. The molecule has 0 saturated carbocycles. The second-order valence-electron chi connectivity index (χ2n) is 7.47. The lowest BCUT2D eigenvalue weighted by Crippen LogP contribution is -2.54. The highest BCUT2D eigenvalue weighted by Gasteiger charge is 2.37. The molecule has 2 aromatic carbocycles. The fourth-order valence-electron chi connectivity index (χ4n) is 3.90. The number of hydrogen-bond donors (Lipinski definition) is 1. The molecule has 1 N–H and O–H groups in total. The van der Waals surface area contributed by atoms with Crippen LogP contribution in [0.3, 0.4) is 0 Å². The molecule has 0 aliphatic carbocycles. The monoisotopic (exact) mass is 435 g/mol. The number of amides is 4. The standard InChI is InChI=1S/C24H25N3O5/c1-3-16-6-4-5-7-20(16)27-23(29)19(22(28)25-24(27)30)14-17-8-9-18(15-21(17)31-2)26-10-12-32-13-11-26/h4-9,14-15H,3,10-13H2,1-2H3,(H,25,28,30)/b19-14+. The first kappa shape index (κ1) is 21.6. The second kappa shape index (κ2) is 9.23. The molecule has 8 nitrogen and oxygen atoms in total. The Kier molecular flexibility index (Phi) is 6.23. The number of carbonyl (C=O) groups excluding carboxylic acids is 3. The van der Waals surface area contributed by atoms with Crippen LogP contribution in [-0.4, -0.2) is 51.3 Å². The molecule has 0 unspecified atom stereocenters. The van der Waals surface area contributed by atoms with Crippen LogP contribution in [0.15, 0.2) is 48.0 Å². The van der Waals surface area contributed by atoms with Gasteiger partial charge in [0.25, 0.3) is 11.8 Å². The number of carbonyl (C=O) groups is 3. The van der Waals surface area contributed by atoms with Gasteiger partial charge in [-0.1, -0.05) is 25.1 Å². The smallest absolute Gasteiger partial charge is 0.335 e. The highest BCUT2D eigenvalue weighted by Crippen LogP contribution is 2.30. The van der Waals surface area contributed by atoms with Gasteiger partial charge in [-0.25, -0.2) is 9.69 Å². The Morgan fingerprint density at radius 1 is 1.09 bits per heavy atom. The Morgan fingerprint density at radius 3 is 2.56 bits per heavy atom. The van der Waals surface area contributed by atoms with E-state index in [-0.39, 0.29) is 5.57 Å². The summed E-state index contributed by atoms with van der Waals surface area (Å²) >= 11 is 0. The number of ether oxygens (including phenoxy) is 2. The normalized spacial score (nSPS) is 18.2. The van der Waals surface area contributed by atoms with E-state index in [0.29, 0.717) is 36.6 Å². The zero-order valence-corrected chi connectivity index (χ0v) is 18.1. The number of morpholine rings is 1. The quantitative estimate of drug-likeness (QED) is 0.574. The molecule has 4 rings (SSSR count). The van der Waals surface area contributed by atoms with Crippen LogP contribution in [0.2, 0.25) is 0 Å². The maximum absolute atomic E-state index is 13.2. The minimum atomic E-state index is -0.757. The van der Waals surface area contributed by atoms with E-state index >= 15 is 0 Å². The molecule has 8 heteroatoms. The third kappa shape index (κ3) is 4.09. The molecule has 166 valence electrons. The fraction of sp³-hybridized carbons (Fsp3) is 0.292. The van der Waals surface area contributed by atoms with Crippen molar-refractivity contribution in [2.45, 2.75) is 13.3 Å². The van der Waals surface area contributed by atoms with Crippen LogP contribution < -0.4 is 19.9 Å². The predicted molar refractivity (Wildman–Crippen MR) is 121 cm³/mol. The van der Waals surface area contributed by atoms with Crippen LogP contribution in [-0.2, 0) is 20.7 Å². The summed E-state index contributed by atoms with van der Waals surface area (Å²) in [6, 6.07) is 12.0. The van der Waals surface area contributed by atoms with Crippen molar-refractivity contribution in [3.63, 3.8) is 0 Å². The van der Waals surface area contributed by atoms with Gasteiger partial charge in [-0.2, -0.15) is 0 Å². The van der Waals surface area contributed by atoms with Gasteiger partial charge in [0.15, 0.2) is 0 Å². The molecule has 2 fully saturated rings. The number of aryl methyl sites for hydroxylation is 1. The lowest BCUT2D eigenvalue weighted by atomic mass is 10.0. The third-order valence-electron chi connectivity index (χ3n) is 5.61. The lowest BCUT2D eigenvalue weighted by molar-refractivity contribution is -0.122. The molecular formula is C24H25N3O5. The molecule has 0 bridgehead atoms. The summed E-state index contributed by atoms with van der Waals surface area (Å²) < 4.78 is 10.9. The zero-order valence-electron chi connectivity index (χ0n) is 18.1. The van der Waals surface area contributed by atoms with Gasteiger partial charge in [-0.3, -0.25) is 14.9 Å². The number of anilines is 2. The number of imide groups is 2. The van der Waals surface area contributed by atoms with Crippen LogP contribution in [0, 0.1) is 0 Å². The van der Waals surface area contributed by atoms with Gasteiger partial charge in [0, 0.05) is 30.4 Å². The summed E-state index contributed by atoms with van der Waals surface area (Å²) in [7, 11) is 1.54. The summed E-state index contributed by atoms with van der Waals surface area (Å²) in [5.74, 6) is -0.872. The highest BCUT2D eigenvalue weighted by molar-refractivity contribution is 6.39. The summed E-state index contributed by atoms with van der Waals surface area (Å²) in [5.41, 5.74) is 2.71. The van der Waals surface area contributed by atoms with E-state index < -0.39 is 17.8 Å². The molecule has 2 aliphatic heterocycles. The molecule has 2 aromatic rings. The first-order valence-corrected chi connectivity index (χ1v) is 10.5. The number of benzene rings is 2. The van der Waals surface area contributed by atoms with Crippen molar-refractivity contribution in [3.8, 4) is 5.75 Å². The van der Waals surface area contributed by atoms with Gasteiger partial charge < -0.3 is 14.4 Å². The number of methoxy groups -OCH3 is 1. The van der Waals surface area contributed by atoms with Gasteiger partial charge in [-0.05, 0) is 36.3 Å². The van der Waals surface area contributed by atoms with Crippen molar-refractivity contribution in [2.24, 2.45) is 0 Å². The number of para-hydroxylation sites is 1. The largest absolute Gasteiger partial charge is 0.496 e. The van der Waals surface area contributed by atoms with Gasteiger partial charge >= 0.3 is 6.03 Å². The van der Waals surface area contributed by atoms with Crippen molar-refractivity contribution in [2.75, 3.05) is 43.2 Å². The van der Waals surface area contributed by atoms with Crippen molar-refractivity contribution in [1.29, 1.82) is 0 Å². The number of barbiturate groups is 1. The van der Waals surface area contributed by atoms with E-state index in [1.807, 2.05) is 31.2 Å². The molecule has 2 saturated heterocycles. The number of nitrogens with zero attached hydrogens (tertiary/aromatic N) is 2. The minimum absolute atomic E-state index is 0.132. The summed E-state index contributed by atoms with van der Waals surface area (Å²) in [4.78, 5) is 41.5. The number of rotatable bonds is 5. The molecule has 32 heavy (non-hydrogen) atoms. The van der Waals surface area contributed by atoms with Crippen molar-refractivity contribution >= 4 is 35.3 Å². The van der Waals surface area contributed by atoms with Crippen LogP contribution in [0.1, 0.15) is 18.1 Å². The number of nitrogens with one attached hydrogen (secondary N) is 1. The van der Waals surface area contributed by atoms with Crippen LogP contribution in [0.4, 0.5) is 16.2 Å². The maximum Gasteiger partial charge on any atom is 0.335 e. The minimum Gasteiger partial charge on any atom is -0.496 e. The first-order valence-electron chi connectivity index (χ1n) is 10.5. The van der Waals surface area contributed by atoms with Crippen LogP contribution in [0.5, 0.6) is 5.75 Å². The topological polar surface area (TPSA) is 88.2 Å². The Labute approximate surface area is 186 Å². The van der Waals surface area contributed by atoms with Crippen LogP contribution in [0.25, 0.3) is 6.08 Å². The molecule has 0 aromatic heterocycles. The molecule has 4 amide bonds. The second-order valence-corrected chi connectivity index (χ2v) is 7.47.